The molecule has 1 aliphatic rings. The van der Waals surface area contributed by atoms with Crippen LogP contribution in [0.1, 0.15) is 22.9 Å². The Bertz CT molecular complexity index is 1050. The van der Waals surface area contributed by atoms with Gasteiger partial charge in [-0.05, 0) is 23.8 Å². The minimum Gasteiger partial charge on any atom is -0.494 e. The molecule has 0 amide bonds. The van der Waals surface area contributed by atoms with Gasteiger partial charge >= 0.3 is 5.69 Å². The zero-order valence-corrected chi connectivity index (χ0v) is 15.9. The third kappa shape index (κ3) is 3.67. The molecule has 1 saturated heterocycles. The van der Waals surface area contributed by atoms with E-state index >= 15 is 0 Å². The Morgan fingerprint density at radius 2 is 1.93 bits per heavy atom. The minimum atomic E-state index is -0.540. The van der Waals surface area contributed by atoms with Gasteiger partial charge in [0.1, 0.15) is 6.61 Å². The maximum Gasteiger partial charge on any atom is 0.351 e. The first-order valence-electron chi connectivity index (χ1n) is 9.29. The second-order valence-corrected chi connectivity index (χ2v) is 6.84. The highest BCUT2D eigenvalue weighted by Gasteiger charge is 2.19. The van der Waals surface area contributed by atoms with Crippen molar-refractivity contribution in [2.75, 3.05) is 20.2 Å². The molecule has 3 N–H and O–H groups in total. The van der Waals surface area contributed by atoms with Crippen LogP contribution in [0.3, 0.4) is 0 Å². The largest absolute Gasteiger partial charge is 0.494 e. The van der Waals surface area contributed by atoms with E-state index in [2.05, 4.69) is 16.0 Å². The molecule has 0 radical (unpaired) electrons. The molecule has 2 heterocycles. The Labute approximate surface area is 166 Å². The lowest BCUT2D eigenvalue weighted by molar-refractivity contribution is 0.264. The van der Waals surface area contributed by atoms with Crippen LogP contribution in [0.4, 0.5) is 4.39 Å². The van der Waals surface area contributed by atoms with Gasteiger partial charge in [0.2, 0.25) is 0 Å². The van der Waals surface area contributed by atoms with Gasteiger partial charge in [-0.15, -0.1) is 5.10 Å². The Hall–Kier alpha value is -3.01. The molecular weight excluding hydrogens is 377 g/mol. The summed E-state index contributed by atoms with van der Waals surface area (Å²) >= 11 is 0. The molecule has 0 aliphatic carbocycles. The van der Waals surface area contributed by atoms with Crippen molar-refractivity contribution in [1.29, 1.82) is 0 Å². The number of aliphatic hydroxyl groups excluding tert-OH is 1. The van der Waals surface area contributed by atoms with Gasteiger partial charge in [-0.25, -0.2) is 9.18 Å². The fourth-order valence-electron chi connectivity index (χ4n) is 3.47. The number of hydrogen-bond donors (Lipinski definition) is 3. The molecule has 29 heavy (non-hydrogen) atoms. The van der Waals surface area contributed by atoms with Crippen molar-refractivity contribution in [3.05, 3.63) is 75.7 Å². The number of rotatable bonds is 6. The zero-order chi connectivity index (χ0) is 20.4. The number of methoxy groups -OCH3 is 1. The van der Waals surface area contributed by atoms with E-state index in [1.807, 2.05) is 24.3 Å². The van der Waals surface area contributed by atoms with E-state index in [1.165, 1.54) is 22.4 Å². The van der Waals surface area contributed by atoms with Crippen molar-refractivity contribution in [2.24, 2.45) is 0 Å². The van der Waals surface area contributed by atoms with Gasteiger partial charge < -0.3 is 9.84 Å². The normalized spacial score (nSPS) is 14.4. The van der Waals surface area contributed by atoms with Crippen LogP contribution in [0.25, 0.3) is 5.69 Å². The van der Waals surface area contributed by atoms with Crippen molar-refractivity contribution < 1.29 is 14.2 Å². The van der Waals surface area contributed by atoms with E-state index in [0.717, 1.165) is 18.7 Å². The van der Waals surface area contributed by atoms with Crippen molar-refractivity contribution >= 4 is 0 Å². The summed E-state index contributed by atoms with van der Waals surface area (Å²) < 4.78 is 22.0. The van der Waals surface area contributed by atoms with E-state index in [1.54, 1.807) is 12.1 Å². The number of halogens is 1. The van der Waals surface area contributed by atoms with Gasteiger partial charge in [0.15, 0.2) is 17.4 Å². The first-order valence-corrected chi connectivity index (χ1v) is 9.29. The number of aliphatic hydroxyl groups is 1. The lowest BCUT2D eigenvalue weighted by Gasteiger charge is -2.09. The van der Waals surface area contributed by atoms with E-state index in [4.69, 9.17) is 4.74 Å². The molecule has 0 bridgehead atoms. The van der Waals surface area contributed by atoms with Gasteiger partial charge in [0.25, 0.3) is 0 Å². The number of hydrogen-bond acceptors (Lipinski definition) is 6. The monoisotopic (exact) mass is 399 g/mol. The van der Waals surface area contributed by atoms with Crippen molar-refractivity contribution in [2.45, 2.75) is 19.1 Å². The van der Waals surface area contributed by atoms with Crippen molar-refractivity contribution in [1.82, 2.24) is 25.2 Å². The Morgan fingerprint density at radius 1 is 1.21 bits per heavy atom. The summed E-state index contributed by atoms with van der Waals surface area (Å²) in [5.41, 5.74) is 7.74. The molecular formula is C20H22FN5O3. The molecule has 0 unspecified atom stereocenters. The highest BCUT2D eigenvalue weighted by Crippen LogP contribution is 2.21. The number of nitrogens with one attached hydrogen (secondary N) is 2. The summed E-state index contributed by atoms with van der Waals surface area (Å²) in [5, 5.41) is 13.9. The summed E-state index contributed by atoms with van der Waals surface area (Å²) in [6, 6.07) is 12.3. The van der Waals surface area contributed by atoms with Crippen LogP contribution < -0.4 is 21.3 Å². The van der Waals surface area contributed by atoms with Gasteiger partial charge in [-0.1, -0.05) is 24.3 Å². The molecule has 152 valence electrons. The molecule has 2 aromatic carbocycles. The number of benzene rings is 2. The zero-order valence-electron chi connectivity index (χ0n) is 15.9. The van der Waals surface area contributed by atoms with Crippen LogP contribution in [0.5, 0.6) is 5.75 Å². The summed E-state index contributed by atoms with van der Waals surface area (Å²) in [7, 11) is 1.38. The Balaban J connectivity index is 1.67. The quantitative estimate of drug-likeness (QED) is 0.571. The smallest absolute Gasteiger partial charge is 0.351 e. The molecule has 0 saturated carbocycles. The average Bonchev–Trinajstić information content (AvgIpc) is 3.39. The molecule has 3 aromatic rings. The predicted molar refractivity (Wildman–Crippen MR) is 105 cm³/mol. The van der Waals surface area contributed by atoms with Gasteiger partial charge in [-0.3, -0.25) is 15.4 Å². The third-order valence-electron chi connectivity index (χ3n) is 5.10. The van der Waals surface area contributed by atoms with Crippen LogP contribution in [-0.4, -0.2) is 39.7 Å². The van der Waals surface area contributed by atoms with Gasteiger partial charge in [0.05, 0.1) is 19.3 Å². The summed E-state index contributed by atoms with van der Waals surface area (Å²) in [5.74, 6) is 0.0782. The minimum absolute atomic E-state index is 0.0603. The van der Waals surface area contributed by atoms with E-state index in [-0.39, 0.29) is 23.7 Å². The fraction of sp³-hybridized carbons (Fsp3) is 0.300. The van der Waals surface area contributed by atoms with E-state index in [0.29, 0.717) is 11.6 Å². The lowest BCUT2D eigenvalue weighted by atomic mass is 10.0. The van der Waals surface area contributed by atoms with E-state index < -0.39 is 18.1 Å². The van der Waals surface area contributed by atoms with Crippen LogP contribution >= 0.6 is 0 Å². The standard InChI is InChI=1S/C20H22FN5O3/c1-29-17-4-2-3-14(19(17)21)11-25-18(12-27)24-26(20(25)28)16-7-5-13(6-8-16)15-9-22-23-10-15/h2-8,15,22-23,27H,9-12H2,1H3. The SMILES string of the molecule is COc1cccc(Cn2c(CO)nn(-c3ccc(C4CNNC4)cc3)c2=O)c1F. The van der Waals surface area contributed by atoms with Gasteiger partial charge in [-0.2, -0.15) is 4.68 Å². The van der Waals surface area contributed by atoms with Crippen LogP contribution in [0, 0.1) is 5.82 Å². The van der Waals surface area contributed by atoms with E-state index in [9.17, 15) is 14.3 Å². The Morgan fingerprint density at radius 3 is 2.59 bits per heavy atom. The molecule has 1 aliphatic heterocycles. The third-order valence-corrected chi connectivity index (χ3v) is 5.10. The Kier molecular flexibility index (Phi) is 5.43. The number of aromatic nitrogens is 3. The second-order valence-electron chi connectivity index (χ2n) is 6.84. The maximum absolute atomic E-state index is 14.5. The van der Waals surface area contributed by atoms with Crippen molar-refractivity contribution in [3.8, 4) is 11.4 Å². The molecule has 1 fully saturated rings. The van der Waals surface area contributed by atoms with Crippen LogP contribution in [0.15, 0.2) is 47.3 Å². The van der Waals surface area contributed by atoms with Gasteiger partial charge in [0, 0.05) is 24.6 Å². The maximum atomic E-state index is 14.5. The molecule has 4 rings (SSSR count). The average molecular weight is 399 g/mol. The fourth-order valence-corrected chi connectivity index (χ4v) is 3.47. The number of nitrogens with zero attached hydrogens (tertiary/aromatic N) is 3. The van der Waals surface area contributed by atoms with Crippen LogP contribution in [0.2, 0.25) is 0 Å². The van der Waals surface area contributed by atoms with Crippen molar-refractivity contribution in [3.63, 3.8) is 0 Å². The molecule has 1 aromatic heterocycles. The number of hydrazine groups is 1. The summed E-state index contributed by atoms with van der Waals surface area (Å²) in [4.78, 5) is 12.9. The predicted octanol–water partition coefficient (Wildman–Crippen LogP) is 0.914. The first-order chi connectivity index (χ1) is 14.1. The summed E-state index contributed by atoms with van der Waals surface area (Å²) in [6.07, 6.45) is 0. The highest BCUT2D eigenvalue weighted by atomic mass is 19.1. The lowest BCUT2D eigenvalue weighted by Crippen LogP contribution is -2.25. The second kappa shape index (κ2) is 8.16. The molecule has 9 heteroatoms. The topological polar surface area (TPSA) is 93.3 Å². The first kappa shape index (κ1) is 19.3. The molecule has 8 nitrogen and oxygen atoms in total. The number of ether oxygens (including phenoxy) is 1. The molecule has 0 atom stereocenters. The highest BCUT2D eigenvalue weighted by molar-refractivity contribution is 5.36. The molecule has 0 spiro atoms. The summed E-state index contributed by atoms with van der Waals surface area (Å²) in [6.45, 7) is 1.18. The van der Waals surface area contributed by atoms with Crippen LogP contribution in [-0.2, 0) is 13.2 Å².